The van der Waals surface area contributed by atoms with Gasteiger partial charge in [0, 0.05) is 0 Å². The van der Waals surface area contributed by atoms with E-state index in [2.05, 4.69) is 0 Å². The van der Waals surface area contributed by atoms with Crippen molar-refractivity contribution in [3.8, 4) is 0 Å². The zero-order valence-corrected chi connectivity index (χ0v) is 10.8. The van der Waals surface area contributed by atoms with E-state index in [0.29, 0.717) is 0 Å². The van der Waals surface area contributed by atoms with E-state index in [1.54, 1.807) is 0 Å². The van der Waals surface area contributed by atoms with E-state index in [1.807, 2.05) is 0 Å². The monoisotopic (exact) mass is 216 g/mol. The summed E-state index contributed by atoms with van der Waals surface area (Å²) in [6, 6.07) is 0. The number of aliphatic hydroxyl groups is 1. The molecule has 0 radical (unpaired) electrons. The van der Waals surface area contributed by atoms with Crippen molar-refractivity contribution in [1.29, 1.82) is 0 Å². The molecule has 1 atom stereocenters. The van der Waals surface area contributed by atoms with Crippen LogP contribution in [0.3, 0.4) is 0 Å². The Labute approximate surface area is 101 Å². The van der Waals surface area contributed by atoms with Crippen LogP contribution in [-0.2, 0) is 10.1 Å². The summed E-state index contributed by atoms with van der Waals surface area (Å²) in [7, 11) is -4.57. The summed E-state index contributed by atoms with van der Waals surface area (Å²) in [4.78, 5) is -2.07. The standard InChI is InChI=1S/C7H14O4S.Na/c1-7(8,12(9,10)11)5-6-3-2-4-6;/h6,8H,2-5H2,1H3,(H,9,10,11);/q;+1/p-1. The van der Waals surface area contributed by atoms with Gasteiger partial charge in [0.1, 0.15) is 10.1 Å². The Kier molecular flexibility index (Phi) is 4.90. The van der Waals surface area contributed by atoms with E-state index in [9.17, 15) is 18.1 Å². The van der Waals surface area contributed by atoms with E-state index < -0.39 is 15.1 Å². The van der Waals surface area contributed by atoms with Crippen molar-refractivity contribution in [2.75, 3.05) is 0 Å². The molecule has 0 aliphatic heterocycles. The van der Waals surface area contributed by atoms with Gasteiger partial charge in [-0.05, 0) is 19.3 Å². The summed E-state index contributed by atoms with van der Waals surface area (Å²) < 4.78 is 31.6. The molecule has 1 aliphatic carbocycles. The Morgan fingerprint density at radius 2 is 2.00 bits per heavy atom. The topological polar surface area (TPSA) is 77.4 Å². The molecule has 0 aromatic rings. The Morgan fingerprint density at radius 1 is 1.54 bits per heavy atom. The second-order valence-corrected chi connectivity index (χ2v) is 5.42. The predicted molar refractivity (Wildman–Crippen MR) is 42.3 cm³/mol. The SMILES string of the molecule is CC(O)(CC1CCC1)S(=O)(=O)[O-].[Na+]. The van der Waals surface area contributed by atoms with E-state index in [-0.39, 0.29) is 41.9 Å². The molecule has 1 saturated carbocycles. The number of rotatable bonds is 3. The van der Waals surface area contributed by atoms with Gasteiger partial charge in [-0.1, -0.05) is 19.3 Å². The van der Waals surface area contributed by atoms with Gasteiger partial charge in [-0.25, -0.2) is 8.42 Å². The van der Waals surface area contributed by atoms with Crippen molar-refractivity contribution in [3.63, 3.8) is 0 Å². The first-order valence-electron chi connectivity index (χ1n) is 4.01. The number of hydrogen-bond donors (Lipinski definition) is 1. The Balaban J connectivity index is 0.00000144. The van der Waals surface area contributed by atoms with Crippen LogP contribution in [0.15, 0.2) is 0 Å². The molecular weight excluding hydrogens is 203 g/mol. The van der Waals surface area contributed by atoms with E-state index in [0.717, 1.165) is 26.2 Å². The minimum absolute atomic E-state index is 0. The van der Waals surface area contributed by atoms with Crippen molar-refractivity contribution in [1.82, 2.24) is 0 Å². The first-order chi connectivity index (χ1) is 5.33. The Bertz CT molecular complexity index is 256. The summed E-state index contributed by atoms with van der Waals surface area (Å²) in [6.45, 7) is 1.08. The fourth-order valence-electron chi connectivity index (χ4n) is 1.33. The normalized spacial score (nSPS) is 22.7. The first-order valence-corrected chi connectivity index (χ1v) is 5.41. The molecule has 1 unspecified atom stereocenters. The molecule has 0 saturated heterocycles. The Hall–Kier alpha value is 0.870. The van der Waals surface area contributed by atoms with Crippen molar-refractivity contribution < 1.29 is 47.6 Å². The van der Waals surface area contributed by atoms with Gasteiger partial charge in [0.05, 0.1) is 0 Å². The molecule has 0 aromatic heterocycles. The van der Waals surface area contributed by atoms with Crippen LogP contribution in [0.2, 0.25) is 0 Å². The molecule has 1 rings (SSSR count). The molecule has 1 fully saturated rings. The predicted octanol–water partition coefficient (Wildman–Crippen LogP) is -2.57. The van der Waals surface area contributed by atoms with Gasteiger partial charge in [-0.15, -0.1) is 0 Å². The van der Waals surface area contributed by atoms with Crippen molar-refractivity contribution >= 4 is 10.1 Å². The van der Waals surface area contributed by atoms with Gasteiger partial charge in [-0.2, -0.15) is 0 Å². The molecule has 0 amide bonds. The van der Waals surface area contributed by atoms with Gasteiger partial charge in [0.2, 0.25) is 0 Å². The summed E-state index contributed by atoms with van der Waals surface area (Å²) >= 11 is 0. The van der Waals surface area contributed by atoms with E-state index >= 15 is 0 Å². The van der Waals surface area contributed by atoms with Crippen LogP contribution in [0.4, 0.5) is 0 Å². The first kappa shape index (κ1) is 13.9. The van der Waals surface area contributed by atoms with Gasteiger partial charge >= 0.3 is 29.6 Å². The smallest absolute Gasteiger partial charge is 0.746 e. The van der Waals surface area contributed by atoms with Crippen LogP contribution in [0.5, 0.6) is 0 Å². The zero-order valence-electron chi connectivity index (χ0n) is 7.99. The average molecular weight is 216 g/mol. The second kappa shape index (κ2) is 4.59. The third kappa shape index (κ3) is 3.49. The van der Waals surface area contributed by atoms with E-state index in [4.69, 9.17) is 0 Å². The molecule has 72 valence electrons. The molecule has 0 spiro atoms. The molecular formula is C7H13NaO4S. The summed E-state index contributed by atoms with van der Waals surface area (Å²) in [5.74, 6) is 0.212. The molecule has 13 heavy (non-hydrogen) atoms. The second-order valence-electron chi connectivity index (χ2n) is 3.63. The van der Waals surface area contributed by atoms with Gasteiger partial charge in [0.15, 0.2) is 4.93 Å². The quantitative estimate of drug-likeness (QED) is 0.415. The van der Waals surface area contributed by atoms with Crippen LogP contribution in [0.1, 0.15) is 32.6 Å². The molecule has 0 bridgehead atoms. The van der Waals surface area contributed by atoms with Crippen LogP contribution >= 0.6 is 0 Å². The van der Waals surface area contributed by atoms with Crippen LogP contribution in [-0.4, -0.2) is 23.0 Å². The van der Waals surface area contributed by atoms with Crippen LogP contribution in [0.25, 0.3) is 0 Å². The molecule has 0 heterocycles. The molecule has 4 nitrogen and oxygen atoms in total. The van der Waals surface area contributed by atoms with Crippen molar-refractivity contribution in [2.24, 2.45) is 5.92 Å². The molecule has 1 N–H and O–H groups in total. The fraction of sp³-hybridized carbons (Fsp3) is 1.00. The van der Waals surface area contributed by atoms with E-state index in [1.165, 1.54) is 0 Å². The summed E-state index contributed by atoms with van der Waals surface area (Å²) in [6.07, 6.45) is 3.00. The average Bonchev–Trinajstić information content (AvgIpc) is 1.76. The van der Waals surface area contributed by atoms with Gasteiger partial charge < -0.3 is 9.66 Å². The maximum atomic E-state index is 10.5. The summed E-state index contributed by atoms with van der Waals surface area (Å²) in [5.41, 5.74) is 0. The largest absolute Gasteiger partial charge is 1.00 e. The molecule has 1 aliphatic rings. The minimum atomic E-state index is -4.57. The summed E-state index contributed by atoms with van der Waals surface area (Å²) in [5, 5.41) is 9.29. The molecule has 6 heteroatoms. The van der Waals surface area contributed by atoms with Gasteiger partial charge in [-0.3, -0.25) is 0 Å². The maximum Gasteiger partial charge on any atom is 1.00 e. The van der Waals surface area contributed by atoms with Crippen LogP contribution < -0.4 is 29.6 Å². The Morgan fingerprint density at radius 3 is 2.23 bits per heavy atom. The van der Waals surface area contributed by atoms with Crippen molar-refractivity contribution in [2.45, 2.75) is 37.5 Å². The minimum Gasteiger partial charge on any atom is -0.746 e. The fourth-order valence-corrected chi connectivity index (χ4v) is 1.77. The molecule has 0 aromatic carbocycles. The van der Waals surface area contributed by atoms with Crippen LogP contribution in [0, 0.1) is 5.92 Å². The number of hydrogen-bond acceptors (Lipinski definition) is 4. The van der Waals surface area contributed by atoms with Gasteiger partial charge in [0.25, 0.3) is 0 Å². The third-order valence-corrected chi connectivity index (χ3v) is 3.67. The third-order valence-electron chi connectivity index (χ3n) is 2.43. The zero-order chi connectivity index (χ0) is 9.41. The maximum absolute atomic E-state index is 10.5. The van der Waals surface area contributed by atoms with Crippen molar-refractivity contribution in [3.05, 3.63) is 0 Å².